The van der Waals surface area contributed by atoms with Crippen molar-refractivity contribution >= 4 is 12.0 Å². The van der Waals surface area contributed by atoms with Gasteiger partial charge in [0, 0.05) is 13.1 Å². The number of nitrogens with zero attached hydrogens (tertiary/aromatic N) is 1. The molecule has 7 heteroatoms. The predicted molar refractivity (Wildman–Crippen MR) is 70.8 cm³/mol. The molecule has 20 heavy (non-hydrogen) atoms. The molecule has 6 nitrogen and oxygen atoms in total. The highest BCUT2D eigenvalue weighted by Crippen LogP contribution is 2.06. The maximum absolute atomic E-state index is 12.6. The van der Waals surface area contributed by atoms with Crippen molar-refractivity contribution in [2.24, 2.45) is 0 Å². The van der Waals surface area contributed by atoms with Gasteiger partial charge in [0.05, 0.1) is 6.20 Å². The Morgan fingerprint density at radius 1 is 1.25 bits per heavy atom. The molecule has 0 saturated heterocycles. The van der Waals surface area contributed by atoms with Gasteiger partial charge < -0.3 is 15.4 Å². The van der Waals surface area contributed by atoms with Crippen molar-refractivity contribution in [3.63, 3.8) is 0 Å². The Labute approximate surface area is 116 Å². The molecule has 0 aliphatic rings. The molecule has 0 aliphatic heterocycles. The van der Waals surface area contributed by atoms with Gasteiger partial charge in [0.15, 0.2) is 0 Å². The average Bonchev–Trinajstić information content (AvgIpc) is 2.33. The van der Waals surface area contributed by atoms with Gasteiger partial charge in [-0.25, -0.2) is 14.2 Å². The fourth-order valence-electron chi connectivity index (χ4n) is 1.26. The van der Waals surface area contributed by atoms with E-state index in [9.17, 15) is 14.0 Å². The zero-order valence-electron chi connectivity index (χ0n) is 11.7. The van der Waals surface area contributed by atoms with Crippen LogP contribution in [0.2, 0.25) is 0 Å². The summed E-state index contributed by atoms with van der Waals surface area (Å²) in [5.74, 6) is -0.941. The van der Waals surface area contributed by atoms with Gasteiger partial charge in [0.1, 0.15) is 17.1 Å². The van der Waals surface area contributed by atoms with Crippen LogP contribution in [0.4, 0.5) is 9.18 Å². The smallest absolute Gasteiger partial charge is 0.407 e. The summed E-state index contributed by atoms with van der Waals surface area (Å²) in [7, 11) is 0. The van der Waals surface area contributed by atoms with E-state index in [-0.39, 0.29) is 18.8 Å². The number of rotatable bonds is 4. The first-order chi connectivity index (χ1) is 9.28. The number of pyridine rings is 1. The van der Waals surface area contributed by atoms with Crippen LogP contribution in [0.25, 0.3) is 0 Å². The molecule has 0 unspecified atom stereocenters. The van der Waals surface area contributed by atoms with E-state index in [1.165, 1.54) is 6.07 Å². The van der Waals surface area contributed by atoms with Crippen LogP contribution in [-0.4, -0.2) is 35.7 Å². The number of nitrogens with one attached hydrogen (secondary N) is 2. The summed E-state index contributed by atoms with van der Waals surface area (Å²) in [6.07, 6.45) is 0.417. The van der Waals surface area contributed by atoms with E-state index in [0.717, 1.165) is 12.3 Å². The van der Waals surface area contributed by atoms with Crippen molar-refractivity contribution < 1.29 is 18.7 Å². The van der Waals surface area contributed by atoms with Gasteiger partial charge in [-0.15, -0.1) is 0 Å². The van der Waals surface area contributed by atoms with Gasteiger partial charge in [-0.1, -0.05) is 0 Å². The van der Waals surface area contributed by atoms with E-state index in [2.05, 4.69) is 15.6 Å². The van der Waals surface area contributed by atoms with Gasteiger partial charge in [0.25, 0.3) is 5.91 Å². The van der Waals surface area contributed by atoms with E-state index in [1.54, 1.807) is 20.8 Å². The molecule has 0 aromatic carbocycles. The maximum atomic E-state index is 12.6. The molecule has 0 radical (unpaired) electrons. The Kier molecular flexibility index (Phi) is 5.42. The number of ether oxygens (including phenoxy) is 1. The minimum atomic E-state index is -0.564. The number of halogens is 1. The van der Waals surface area contributed by atoms with Crippen LogP contribution in [0, 0.1) is 5.82 Å². The molecule has 2 amide bonds. The third-order valence-electron chi connectivity index (χ3n) is 2.04. The normalized spacial score (nSPS) is 10.8. The Morgan fingerprint density at radius 2 is 1.90 bits per heavy atom. The minimum Gasteiger partial charge on any atom is -0.444 e. The number of carbonyl (C=O) groups excluding carboxylic acids is 2. The SMILES string of the molecule is CC(C)(C)OC(=O)NCCNC(=O)c1ccc([18F])cn1. The lowest BCUT2D eigenvalue weighted by Crippen LogP contribution is -2.38. The summed E-state index contributed by atoms with van der Waals surface area (Å²) in [5, 5.41) is 5.04. The van der Waals surface area contributed by atoms with Crippen LogP contribution in [-0.2, 0) is 4.74 Å². The molecule has 0 bridgehead atoms. The number of hydrogen-bond acceptors (Lipinski definition) is 4. The lowest BCUT2D eigenvalue weighted by molar-refractivity contribution is 0.0526. The zero-order chi connectivity index (χ0) is 15.2. The van der Waals surface area contributed by atoms with Crippen LogP contribution >= 0.6 is 0 Å². The van der Waals surface area contributed by atoms with Crippen LogP contribution in [0.15, 0.2) is 18.3 Å². The lowest BCUT2D eigenvalue weighted by Gasteiger charge is -2.19. The first kappa shape index (κ1) is 15.9. The molecule has 0 spiro atoms. The number of aromatic nitrogens is 1. The predicted octanol–water partition coefficient (Wildman–Crippen LogP) is 1.48. The summed E-state index contributed by atoms with van der Waals surface area (Å²) in [6.45, 7) is 5.72. The van der Waals surface area contributed by atoms with Crippen molar-refractivity contribution in [2.45, 2.75) is 26.4 Å². The van der Waals surface area contributed by atoms with Crippen molar-refractivity contribution in [1.82, 2.24) is 15.6 Å². The molecule has 0 saturated carbocycles. The molecule has 0 aliphatic carbocycles. The summed E-state index contributed by atoms with van der Waals surface area (Å²) in [4.78, 5) is 26.5. The Balaban J connectivity index is 2.26. The number of amides is 2. The first-order valence-corrected chi connectivity index (χ1v) is 6.14. The Bertz CT molecular complexity index is 469. The van der Waals surface area contributed by atoms with Gasteiger partial charge in [-0.3, -0.25) is 4.79 Å². The van der Waals surface area contributed by atoms with E-state index in [1.807, 2.05) is 0 Å². The summed E-state index contributed by atoms with van der Waals surface area (Å²) < 4.78 is 17.7. The van der Waals surface area contributed by atoms with Gasteiger partial charge in [0.2, 0.25) is 0 Å². The fraction of sp³-hybridized carbons (Fsp3) is 0.462. The third-order valence-corrected chi connectivity index (χ3v) is 2.04. The summed E-state index contributed by atoms with van der Waals surface area (Å²) in [6, 6.07) is 2.44. The van der Waals surface area contributed by atoms with Crippen LogP contribution < -0.4 is 10.6 Å². The summed E-state index contributed by atoms with van der Waals surface area (Å²) >= 11 is 0. The van der Waals surface area contributed by atoms with Crippen LogP contribution in [0.1, 0.15) is 31.3 Å². The highest BCUT2D eigenvalue weighted by molar-refractivity contribution is 5.92. The Morgan fingerprint density at radius 3 is 2.45 bits per heavy atom. The second-order valence-electron chi connectivity index (χ2n) is 5.05. The molecule has 1 aromatic rings. The van der Waals surface area contributed by atoms with E-state index in [4.69, 9.17) is 4.74 Å². The number of carbonyl (C=O) groups is 2. The molecule has 2 N–H and O–H groups in total. The minimum absolute atomic E-state index is 0.115. The molecule has 0 fully saturated rings. The Hall–Kier alpha value is -2.18. The van der Waals surface area contributed by atoms with Crippen molar-refractivity contribution in [1.29, 1.82) is 0 Å². The molecular formula is C13H18FN3O3. The van der Waals surface area contributed by atoms with E-state index in [0.29, 0.717) is 0 Å². The summed E-state index contributed by atoms with van der Waals surface area (Å²) in [5.41, 5.74) is -0.450. The third kappa shape index (κ3) is 6.12. The molecule has 1 heterocycles. The van der Waals surface area contributed by atoms with E-state index >= 15 is 0 Å². The monoisotopic (exact) mass is 282 g/mol. The fourth-order valence-corrected chi connectivity index (χ4v) is 1.26. The standard InChI is InChI=1S/C13H18FN3O3/c1-13(2,3)20-12(19)16-7-6-15-11(18)10-5-4-9(14)8-17-10/h4-5,8H,6-7H2,1-3H3,(H,15,18)(H,16,19)/i14-1. The maximum Gasteiger partial charge on any atom is 0.407 e. The molecular weight excluding hydrogens is 264 g/mol. The number of alkyl carbamates (subject to hydrolysis) is 1. The van der Waals surface area contributed by atoms with Crippen LogP contribution in [0.3, 0.4) is 0 Å². The molecule has 110 valence electrons. The largest absolute Gasteiger partial charge is 0.444 e. The molecule has 1 rings (SSSR count). The second kappa shape index (κ2) is 6.83. The van der Waals surface area contributed by atoms with E-state index < -0.39 is 23.4 Å². The van der Waals surface area contributed by atoms with Crippen molar-refractivity contribution in [3.05, 3.63) is 29.8 Å². The van der Waals surface area contributed by atoms with Crippen molar-refractivity contribution in [2.75, 3.05) is 13.1 Å². The zero-order valence-corrected chi connectivity index (χ0v) is 11.7. The van der Waals surface area contributed by atoms with Gasteiger partial charge in [-0.05, 0) is 32.9 Å². The average molecular weight is 282 g/mol. The van der Waals surface area contributed by atoms with Gasteiger partial charge >= 0.3 is 6.09 Å². The van der Waals surface area contributed by atoms with Gasteiger partial charge in [-0.2, -0.15) is 0 Å². The second-order valence-corrected chi connectivity index (χ2v) is 5.05. The van der Waals surface area contributed by atoms with Crippen molar-refractivity contribution in [3.8, 4) is 0 Å². The van der Waals surface area contributed by atoms with Crippen LogP contribution in [0.5, 0.6) is 0 Å². The number of hydrogen-bond donors (Lipinski definition) is 2. The highest BCUT2D eigenvalue weighted by atomic mass is 18.2. The highest BCUT2D eigenvalue weighted by Gasteiger charge is 2.15. The first-order valence-electron chi connectivity index (χ1n) is 6.14. The topological polar surface area (TPSA) is 80.3 Å². The quantitative estimate of drug-likeness (QED) is 0.820. The lowest BCUT2D eigenvalue weighted by atomic mass is 10.2. The molecule has 1 aromatic heterocycles. The molecule has 0 atom stereocenters.